The number of hydrogen-bond acceptors (Lipinski definition) is 2. The number of nitrogens with one attached hydrogen (secondary N) is 2. The van der Waals surface area contributed by atoms with Crippen molar-refractivity contribution in [1.82, 2.24) is 10.6 Å². The van der Waals surface area contributed by atoms with Crippen LogP contribution < -0.4 is 10.6 Å². The Hall–Kier alpha value is -1.84. The summed E-state index contributed by atoms with van der Waals surface area (Å²) in [6.45, 7) is 10.6. The van der Waals surface area contributed by atoms with E-state index < -0.39 is 0 Å². The van der Waals surface area contributed by atoms with Crippen LogP contribution in [0.15, 0.2) is 38.0 Å². The predicted octanol–water partition coefficient (Wildman–Crippen LogP) is 2.10. The van der Waals surface area contributed by atoms with Crippen LogP contribution in [0.25, 0.3) is 0 Å². The van der Waals surface area contributed by atoms with E-state index in [0.717, 1.165) is 12.8 Å². The summed E-state index contributed by atoms with van der Waals surface area (Å²) in [7, 11) is 0. The molecule has 1 saturated carbocycles. The zero-order valence-electron chi connectivity index (χ0n) is 11.5. The van der Waals surface area contributed by atoms with Gasteiger partial charge in [0.1, 0.15) is 0 Å². The van der Waals surface area contributed by atoms with E-state index in [1.165, 1.54) is 31.4 Å². The molecule has 1 fully saturated rings. The number of amides is 2. The highest BCUT2D eigenvalue weighted by atomic mass is 16.2. The number of carbonyl (C=O) groups is 2. The van der Waals surface area contributed by atoms with Crippen LogP contribution in [0.3, 0.4) is 0 Å². The van der Waals surface area contributed by atoms with Gasteiger partial charge in [-0.25, -0.2) is 0 Å². The van der Waals surface area contributed by atoms with Gasteiger partial charge in [-0.05, 0) is 25.0 Å². The van der Waals surface area contributed by atoms with Gasteiger partial charge in [0, 0.05) is 12.6 Å². The van der Waals surface area contributed by atoms with Crippen LogP contribution in [0, 0.1) is 0 Å². The zero-order valence-corrected chi connectivity index (χ0v) is 11.5. The van der Waals surface area contributed by atoms with Crippen molar-refractivity contribution >= 4 is 11.8 Å². The van der Waals surface area contributed by atoms with Gasteiger partial charge in [-0.3, -0.25) is 9.59 Å². The fraction of sp³-hybridized carbons (Fsp3) is 0.467. The van der Waals surface area contributed by atoms with Gasteiger partial charge in [0.2, 0.25) is 11.8 Å². The number of hydrogen-bond donors (Lipinski definition) is 2. The summed E-state index contributed by atoms with van der Waals surface area (Å²) in [5.74, 6) is -0.193. The summed E-state index contributed by atoms with van der Waals surface area (Å²) in [6, 6.07) is 0.411. The minimum absolute atomic E-state index is 0.0306. The Balaban J connectivity index is 0.000000362. The van der Waals surface area contributed by atoms with Crippen LogP contribution in [0.4, 0.5) is 0 Å². The van der Waals surface area contributed by atoms with E-state index in [4.69, 9.17) is 0 Å². The Morgan fingerprint density at radius 2 is 1.58 bits per heavy atom. The quantitative estimate of drug-likeness (QED) is 0.590. The topological polar surface area (TPSA) is 58.2 Å². The van der Waals surface area contributed by atoms with E-state index in [1.54, 1.807) is 6.08 Å². The summed E-state index contributed by atoms with van der Waals surface area (Å²) >= 11 is 0. The molecule has 1 aliphatic rings. The second-order valence-corrected chi connectivity index (χ2v) is 4.29. The molecule has 4 heteroatoms. The molecule has 2 N–H and O–H groups in total. The minimum atomic E-state index is -0.162. The molecule has 0 aliphatic heterocycles. The van der Waals surface area contributed by atoms with Gasteiger partial charge in [-0.2, -0.15) is 0 Å². The van der Waals surface area contributed by atoms with Crippen LogP contribution >= 0.6 is 0 Å². The smallest absolute Gasteiger partial charge is 0.243 e. The molecule has 0 spiro atoms. The van der Waals surface area contributed by atoms with E-state index in [-0.39, 0.29) is 11.8 Å². The van der Waals surface area contributed by atoms with Gasteiger partial charge >= 0.3 is 0 Å². The average Bonchev–Trinajstić information content (AvgIpc) is 2.46. The molecule has 1 aliphatic carbocycles. The maximum Gasteiger partial charge on any atom is 0.243 e. The normalized spacial score (nSPS) is 14.3. The Morgan fingerprint density at radius 3 is 2.05 bits per heavy atom. The maximum absolute atomic E-state index is 10.9. The lowest BCUT2D eigenvalue weighted by atomic mass is 9.95. The lowest BCUT2D eigenvalue weighted by Gasteiger charge is -2.21. The number of carbonyl (C=O) groups excluding carboxylic acids is 2. The fourth-order valence-electron chi connectivity index (χ4n) is 1.75. The average molecular weight is 264 g/mol. The fourth-order valence-corrected chi connectivity index (χ4v) is 1.75. The lowest BCUT2D eigenvalue weighted by molar-refractivity contribution is -0.117. The second kappa shape index (κ2) is 11.3. The SMILES string of the molecule is C=CC(=O)NC1CCCCC1.C=CCNC(=O)C=C. The molecule has 0 aromatic heterocycles. The second-order valence-electron chi connectivity index (χ2n) is 4.29. The molecule has 0 unspecified atom stereocenters. The summed E-state index contributed by atoms with van der Waals surface area (Å²) in [5.41, 5.74) is 0. The Morgan fingerprint density at radius 1 is 1.00 bits per heavy atom. The van der Waals surface area contributed by atoms with Crippen LogP contribution in [0.2, 0.25) is 0 Å². The highest BCUT2D eigenvalue weighted by Gasteiger charge is 2.13. The van der Waals surface area contributed by atoms with Gasteiger partial charge in [-0.15, -0.1) is 6.58 Å². The molecular weight excluding hydrogens is 240 g/mol. The molecule has 19 heavy (non-hydrogen) atoms. The first-order valence-corrected chi connectivity index (χ1v) is 6.58. The summed E-state index contributed by atoms with van der Waals surface area (Å²) in [6.07, 6.45) is 10.3. The van der Waals surface area contributed by atoms with E-state index in [9.17, 15) is 9.59 Å². The van der Waals surface area contributed by atoms with E-state index in [2.05, 4.69) is 30.4 Å². The molecule has 0 saturated heterocycles. The standard InChI is InChI=1S/C9H15NO.C6H9NO/c1-2-9(11)10-8-6-4-3-5-7-8;1-3-5-7-6(8)4-2/h2,8H,1,3-7H2,(H,10,11);3-4H,1-2,5H2,(H,7,8). The highest BCUT2D eigenvalue weighted by molar-refractivity contribution is 5.87. The summed E-state index contributed by atoms with van der Waals surface area (Å²) < 4.78 is 0. The monoisotopic (exact) mass is 264 g/mol. The third-order valence-electron chi connectivity index (χ3n) is 2.74. The molecule has 106 valence electrons. The third-order valence-corrected chi connectivity index (χ3v) is 2.74. The molecule has 0 heterocycles. The van der Waals surface area contributed by atoms with Crippen molar-refractivity contribution in [2.75, 3.05) is 6.54 Å². The zero-order chi connectivity index (χ0) is 14.5. The molecule has 0 bridgehead atoms. The first-order valence-electron chi connectivity index (χ1n) is 6.58. The maximum atomic E-state index is 10.9. The third kappa shape index (κ3) is 9.83. The van der Waals surface area contributed by atoms with E-state index in [0.29, 0.717) is 12.6 Å². The van der Waals surface area contributed by atoms with E-state index in [1.807, 2.05) is 0 Å². The first kappa shape index (κ1) is 17.2. The van der Waals surface area contributed by atoms with Crippen molar-refractivity contribution in [3.63, 3.8) is 0 Å². The van der Waals surface area contributed by atoms with Gasteiger partial charge in [0.25, 0.3) is 0 Å². The van der Waals surface area contributed by atoms with Crippen LogP contribution in [0.1, 0.15) is 32.1 Å². The Bertz CT molecular complexity index is 318. The van der Waals surface area contributed by atoms with Gasteiger partial charge < -0.3 is 10.6 Å². The van der Waals surface area contributed by atoms with Crippen LogP contribution in [-0.4, -0.2) is 24.4 Å². The highest BCUT2D eigenvalue weighted by Crippen LogP contribution is 2.17. The predicted molar refractivity (Wildman–Crippen MR) is 78.6 cm³/mol. The Kier molecular flexibility index (Phi) is 10.2. The first-order chi connectivity index (χ1) is 9.13. The summed E-state index contributed by atoms with van der Waals surface area (Å²) in [4.78, 5) is 21.1. The van der Waals surface area contributed by atoms with Crippen LogP contribution in [-0.2, 0) is 9.59 Å². The number of rotatable bonds is 5. The molecule has 0 aromatic carbocycles. The largest absolute Gasteiger partial charge is 0.350 e. The summed E-state index contributed by atoms with van der Waals surface area (Å²) in [5, 5.41) is 5.42. The lowest BCUT2D eigenvalue weighted by Crippen LogP contribution is -2.34. The molecule has 0 atom stereocenters. The van der Waals surface area contributed by atoms with Crippen molar-refractivity contribution in [3.05, 3.63) is 38.0 Å². The van der Waals surface area contributed by atoms with E-state index >= 15 is 0 Å². The molecule has 4 nitrogen and oxygen atoms in total. The van der Waals surface area contributed by atoms with Crippen molar-refractivity contribution < 1.29 is 9.59 Å². The molecule has 0 radical (unpaired) electrons. The van der Waals surface area contributed by atoms with Crippen LogP contribution in [0.5, 0.6) is 0 Å². The molecule has 1 rings (SSSR count). The minimum Gasteiger partial charge on any atom is -0.350 e. The van der Waals surface area contributed by atoms with Crippen molar-refractivity contribution in [1.29, 1.82) is 0 Å². The van der Waals surface area contributed by atoms with Gasteiger partial charge in [0.15, 0.2) is 0 Å². The Labute approximate surface area is 115 Å². The molecule has 2 amide bonds. The molecular formula is C15H24N2O2. The van der Waals surface area contributed by atoms with Gasteiger partial charge in [-0.1, -0.05) is 38.5 Å². The van der Waals surface area contributed by atoms with Crippen molar-refractivity contribution in [2.24, 2.45) is 0 Å². The van der Waals surface area contributed by atoms with Gasteiger partial charge in [0.05, 0.1) is 0 Å². The van der Waals surface area contributed by atoms with Crippen molar-refractivity contribution in [2.45, 2.75) is 38.1 Å². The molecule has 0 aromatic rings. The van der Waals surface area contributed by atoms with Crippen molar-refractivity contribution in [3.8, 4) is 0 Å².